The average Bonchev–Trinajstić information content (AvgIpc) is 3.16. The lowest BCUT2D eigenvalue weighted by molar-refractivity contribution is 0.544. The molecule has 4 aromatic rings. The fourth-order valence-electron chi connectivity index (χ4n) is 2.12. The summed E-state index contributed by atoms with van der Waals surface area (Å²) in [4.78, 5) is 10.1. The van der Waals surface area contributed by atoms with Crippen molar-refractivity contribution in [2.45, 2.75) is 0 Å². The molecule has 0 spiro atoms. The van der Waals surface area contributed by atoms with E-state index in [0.717, 1.165) is 21.9 Å². The number of thiophene rings is 1. The minimum Gasteiger partial charge on any atom is -0.428 e. The van der Waals surface area contributed by atoms with Gasteiger partial charge in [-0.2, -0.15) is 0 Å². The molecular formula is C14H8ClN3OS. The Kier molecular flexibility index (Phi) is 2.61. The van der Waals surface area contributed by atoms with Crippen LogP contribution < -0.4 is 0 Å². The summed E-state index contributed by atoms with van der Waals surface area (Å²) in [6.07, 6.45) is 1.74. The van der Waals surface area contributed by atoms with Gasteiger partial charge >= 0.3 is 0 Å². The van der Waals surface area contributed by atoms with Crippen LogP contribution in [-0.4, -0.2) is 14.5 Å². The zero-order valence-corrected chi connectivity index (χ0v) is 11.7. The first-order valence-electron chi connectivity index (χ1n) is 5.96. The Hall–Kier alpha value is -2.11. The van der Waals surface area contributed by atoms with E-state index in [1.165, 1.54) is 0 Å². The van der Waals surface area contributed by atoms with Crippen molar-refractivity contribution in [3.05, 3.63) is 53.2 Å². The number of imidazole rings is 1. The summed E-state index contributed by atoms with van der Waals surface area (Å²) >= 11 is 7.51. The Morgan fingerprint density at radius 3 is 2.85 bits per heavy atom. The van der Waals surface area contributed by atoms with E-state index in [9.17, 15) is 0 Å². The fraction of sp³-hybridized carbons (Fsp3) is 0. The Morgan fingerprint density at radius 1 is 1.15 bits per heavy atom. The molecule has 4 nitrogen and oxygen atoms in total. The molecule has 0 aliphatic heterocycles. The molecule has 0 fully saturated rings. The van der Waals surface area contributed by atoms with Crippen LogP contribution in [0.4, 0.5) is 0 Å². The number of furan rings is 1. The SMILES string of the molecule is Clc1ccc(-n2c(-c3cccs3)nc3cccnc32)o1. The third-order valence-corrected chi connectivity index (χ3v) is 4.01. The molecule has 4 rings (SSSR count). The third kappa shape index (κ3) is 1.75. The van der Waals surface area contributed by atoms with Crippen LogP contribution in [0.25, 0.3) is 27.7 Å². The van der Waals surface area contributed by atoms with Crippen LogP contribution in [0.3, 0.4) is 0 Å². The normalized spacial score (nSPS) is 11.2. The van der Waals surface area contributed by atoms with Gasteiger partial charge in [0.25, 0.3) is 0 Å². The highest BCUT2D eigenvalue weighted by Gasteiger charge is 2.17. The van der Waals surface area contributed by atoms with Crippen LogP contribution in [0.2, 0.25) is 5.22 Å². The molecule has 0 saturated carbocycles. The van der Waals surface area contributed by atoms with Crippen molar-refractivity contribution in [2.75, 3.05) is 0 Å². The van der Waals surface area contributed by atoms with Crippen LogP contribution in [-0.2, 0) is 0 Å². The predicted octanol–water partition coefficient (Wildman–Crippen LogP) is 4.40. The molecule has 20 heavy (non-hydrogen) atoms. The van der Waals surface area contributed by atoms with E-state index in [-0.39, 0.29) is 0 Å². The molecule has 4 aromatic heterocycles. The number of pyridine rings is 1. The quantitative estimate of drug-likeness (QED) is 0.551. The van der Waals surface area contributed by atoms with Gasteiger partial charge in [-0.15, -0.1) is 11.3 Å². The van der Waals surface area contributed by atoms with E-state index >= 15 is 0 Å². The van der Waals surface area contributed by atoms with Gasteiger partial charge in [0.2, 0.25) is 5.88 Å². The lowest BCUT2D eigenvalue weighted by atomic mass is 10.4. The first-order valence-corrected chi connectivity index (χ1v) is 7.22. The summed E-state index contributed by atoms with van der Waals surface area (Å²) < 4.78 is 7.41. The molecule has 6 heteroatoms. The van der Waals surface area contributed by atoms with Crippen LogP contribution in [0.5, 0.6) is 0 Å². The van der Waals surface area contributed by atoms with Crippen molar-refractivity contribution < 1.29 is 4.42 Å². The first-order chi connectivity index (χ1) is 9.83. The number of aromatic nitrogens is 3. The number of hydrogen-bond acceptors (Lipinski definition) is 4. The van der Waals surface area contributed by atoms with Crippen molar-refractivity contribution in [3.63, 3.8) is 0 Å². The van der Waals surface area contributed by atoms with Crippen molar-refractivity contribution in [1.29, 1.82) is 0 Å². The van der Waals surface area contributed by atoms with E-state index in [1.54, 1.807) is 23.6 Å². The summed E-state index contributed by atoms with van der Waals surface area (Å²) in [5, 5.41) is 2.36. The van der Waals surface area contributed by atoms with Crippen molar-refractivity contribution in [1.82, 2.24) is 14.5 Å². The molecule has 0 aromatic carbocycles. The zero-order valence-electron chi connectivity index (χ0n) is 10.2. The molecule has 0 bridgehead atoms. The maximum absolute atomic E-state index is 5.89. The molecule has 0 saturated heterocycles. The number of hydrogen-bond donors (Lipinski definition) is 0. The molecule has 0 aliphatic rings. The van der Waals surface area contributed by atoms with Gasteiger partial charge in [-0.3, -0.25) is 0 Å². The fourth-order valence-corrected chi connectivity index (χ4v) is 2.96. The van der Waals surface area contributed by atoms with Crippen molar-refractivity contribution in [3.8, 4) is 16.6 Å². The second-order valence-electron chi connectivity index (χ2n) is 4.17. The largest absolute Gasteiger partial charge is 0.428 e. The maximum Gasteiger partial charge on any atom is 0.209 e. The monoisotopic (exact) mass is 301 g/mol. The van der Waals surface area contributed by atoms with Gasteiger partial charge in [0, 0.05) is 12.3 Å². The van der Waals surface area contributed by atoms with Crippen LogP contribution in [0, 0.1) is 0 Å². The minimum atomic E-state index is 0.343. The van der Waals surface area contributed by atoms with Gasteiger partial charge in [0.05, 0.1) is 4.88 Å². The van der Waals surface area contributed by atoms with Gasteiger partial charge in [0.1, 0.15) is 5.52 Å². The van der Waals surface area contributed by atoms with Gasteiger partial charge in [-0.25, -0.2) is 14.5 Å². The minimum absolute atomic E-state index is 0.343. The molecule has 0 aliphatic carbocycles. The predicted molar refractivity (Wildman–Crippen MR) is 79.5 cm³/mol. The molecule has 0 N–H and O–H groups in total. The Morgan fingerprint density at radius 2 is 2.10 bits per heavy atom. The molecule has 0 amide bonds. The van der Waals surface area contributed by atoms with E-state index in [4.69, 9.17) is 16.0 Å². The number of nitrogens with zero attached hydrogens (tertiary/aromatic N) is 3. The highest BCUT2D eigenvalue weighted by Crippen LogP contribution is 2.31. The highest BCUT2D eigenvalue weighted by atomic mass is 35.5. The van der Waals surface area contributed by atoms with Gasteiger partial charge in [-0.1, -0.05) is 6.07 Å². The van der Waals surface area contributed by atoms with E-state index in [0.29, 0.717) is 11.1 Å². The van der Waals surface area contributed by atoms with E-state index in [1.807, 2.05) is 40.3 Å². The lowest BCUT2D eigenvalue weighted by Crippen LogP contribution is -1.95. The third-order valence-electron chi connectivity index (χ3n) is 2.94. The van der Waals surface area contributed by atoms with Gasteiger partial charge < -0.3 is 4.42 Å². The van der Waals surface area contributed by atoms with Gasteiger partial charge in [-0.05, 0) is 41.2 Å². The molecule has 4 heterocycles. The molecular weight excluding hydrogens is 294 g/mol. The molecule has 0 radical (unpaired) electrons. The smallest absolute Gasteiger partial charge is 0.209 e. The van der Waals surface area contributed by atoms with E-state index < -0.39 is 0 Å². The second kappa shape index (κ2) is 4.47. The average molecular weight is 302 g/mol. The zero-order chi connectivity index (χ0) is 13.5. The number of fused-ring (bicyclic) bond motifs is 1. The topological polar surface area (TPSA) is 43.9 Å². The van der Waals surface area contributed by atoms with Crippen LogP contribution >= 0.6 is 22.9 Å². The Labute approximate surface area is 123 Å². The molecule has 98 valence electrons. The van der Waals surface area contributed by atoms with E-state index in [2.05, 4.69) is 9.97 Å². The lowest BCUT2D eigenvalue weighted by Gasteiger charge is -2.03. The summed E-state index contributed by atoms with van der Waals surface area (Å²) in [5.74, 6) is 1.42. The number of halogens is 1. The summed E-state index contributed by atoms with van der Waals surface area (Å²) in [6.45, 7) is 0. The standard InChI is InChI=1S/C14H8ClN3OS/c15-11-5-6-12(19-11)18-13-9(3-1-7-16-13)17-14(18)10-4-2-8-20-10/h1-8H. The first kappa shape index (κ1) is 11.7. The number of rotatable bonds is 2. The second-order valence-corrected chi connectivity index (χ2v) is 5.49. The summed E-state index contributed by atoms with van der Waals surface area (Å²) in [5.41, 5.74) is 1.57. The maximum atomic E-state index is 5.89. The van der Waals surface area contributed by atoms with Gasteiger partial charge in [0.15, 0.2) is 16.7 Å². The molecule has 0 unspecified atom stereocenters. The Balaban J connectivity index is 2.08. The summed E-state index contributed by atoms with van der Waals surface area (Å²) in [6, 6.07) is 11.3. The summed E-state index contributed by atoms with van der Waals surface area (Å²) in [7, 11) is 0. The Bertz CT molecular complexity index is 879. The molecule has 0 atom stereocenters. The van der Waals surface area contributed by atoms with Crippen molar-refractivity contribution >= 4 is 34.1 Å². The van der Waals surface area contributed by atoms with Crippen molar-refractivity contribution in [2.24, 2.45) is 0 Å². The highest BCUT2D eigenvalue weighted by molar-refractivity contribution is 7.13. The van der Waals surface area contributed by atoms with Crippen LogP contribution in [0.1, 0.15) is 0 Å². The van der Waals surface area contributed by atoms with Crippen LogP contribution in [0.15, 0.2) is 52.4 Å².